The van der Waals surface area contributed by atoms with E-state index in [1.807, 2.05) is 0 Å². The van der Waals surface area contributed by atoms with E-state index < -0.39 is 17.9 Å². The Kier molecular flexibility index (Phi) is 3.19. The Morgan fingerprint density at radius 2 is 2.38 bits per heavy atom. The first-order chi connectivity index (χ1) is 6.13. The molecule has 0 spiro atoms. The molecule has 0 bridgehead atoms. The lowest BCUT2D eigenvalue weighted by molar-refractivity contribution is -0.157. The molecule has 76 valence electrons. The lowest BCUT2D eigenvalue weighted by Crippen LogP contribution is -2.54. The molecule has 0 aliphatic carbocycles. The highest BCUT2D eigenvalue weighted by Crippen LogP contribution is 2.27. The van der Waals surface area contributed by atoms with Crippen LogP contribution >= 0.6 is 0 Å². The molecule has 5 heteroatoms. The molecule has 0 saturated carbocycles. The van der Waals surface area contributed by atoms with Gasteiger partial charge in [0.1, 0.15) is 0 Å². The molecule has 1 N–H and O–H groups in total. The number of carbonyl (C=O) groups excluding carboxylic acids is 1. The second-order valence-corrected chi connectivity index (χ2v) is 3.02. The second-order valence-electron chi connectivity index (χ2n) is 3.02. The van der Waals surface area contributed by atoms with E-state index in [1.54, 1.807) is 6.92 Å². The maximum absolute atomic E-state index is 12.6. The van der Waals surface area contributed by atoms with Gasteiger partial charge in [0.15, 0.2) is 5.54 Å². The van der Waals surface area contributed by atoms with Crippen molar-refractivity contribution >= 4 is 5.97 Å². The second kappa shape index (κ2) is 4.00. The van der Waals surface area contributed by atoms with Crippen molar-refractivity contribution in [3.8, 4) is 0 Å². The summed E-state index contributed by atoms with van der Waals surface area (Å²) in [6.45, 7) is 2.18. The molecule has 0 aromatic carbocycles. The fourth-order valence-electron chi connectivity index (χ4n) is 1.48. The molecule has 1 aliphatic heterocycles. The summed E-state index contributed by atoms with van der Waals surface area (Å²) >= 11 is 0. The van der Waals surface area contributed by atoms with Crippen molar-refractivity contribution in [1.29, 1.82) is 0 Å². The summed E-state index contributed by atoms with van der Waals surface area (Å²) in [5, 5.41) is 2.53. The summed E-state index contributed by atoms with van der Waals surface area (Å²) in [6.07, 6.45) is -1.96. The van der Waals surface area contributed by atoms with Crippen molar-refractivity contribution in [2.75, 3.05) is 13.2 Å². The topological polar surface area (TPSA) is 38.3 Å². The molecule has 1 atom stereocenters. The quantitative estimate of drug-likeness (QED) is 0.678. The Hall–Kier alpha value is -0.710. The standard InChI is InChI=1S/C8H13F2NO2/c1-2-13-7(12)8(6(9)10)4-3-5-11-8/h6,11H,2-5H2,1H3. The summed E-state index contributed by atoms with van der Waals surface area (Å²) in [7, 11) is 0. The number of esters is 1. The van der Waals surface area contributed by atoms with E-state index in [9.17, 15) is 13.6 Å². The molecule has 1 rings (SSSR count). The van der Waals surface area contributed by atoms with Gasteiger partial charge in [-0.3, -0.25) is 5.32 Å². The molecular weight excluding hydrogens is 180 g/mol. The highest BCUT2D eigenvalue weighted by molar-refractivity contribution is 5.81. The molecule has 0 aromatic rings. The summed E-state index contributed by atoms with van der Waals surface area (Å²) in [6, 6.07) is 0. The van der Waals surface area contributed by atoms with Gasteiger partial charge < -0.3 is 4.74 Å². The van der Waals surface area contributed by atoms with Crippen molar-refractivity contribution < 1.29 is 18.3 Å². The monoisotopic (exact) mass is 193 g/mol. The summed E-state index contributed by atoms with van der Waals surface area (Å²) < 4.78 is 29.8. The van der Waals surface area contributed by atoms with Crippen LogP contribution in [-0.4, -0.2) is 31.1 Å². The predicted molar refractivity (Wildman–Crippen MR) is 42.6 cm³/mol. The van der Waals surface area contributed by atoms with Crippen LogP contribution in [-0.2, 0) is 9.53 Å². The van der Waals surface area contributed by atoms with Gasteiger partial charge in [-0.25, -0.2) is 13.6 Å². The fourth-order valence-corrected chi connectivity index (χ4v) is 1.48. The zero-order valence-corrected chi connectivity index (χ0v) is 7.48. The fraction of sp³-hybridized carbons (Fsp3) is 0.875. The number of nitrogens with one attached hydrogen (secondary N) is 1. The number of carbonyl (C=O) groups is 1. The molecule has 1 saturated heterocycles. The largest absolute Gasteiger partial charge is 0.464 e. The van der Waals surface area contributed by atoms with Crippen LogP contribution in [0.25, 0.3) is 0 Å². The minimum absolute atomic E-state index is 0.134. The van der Waals surface area contributed by atoms with Gasteiger partial charge in [-0.1, -0.05) is 0 Å². The van der Waals surface area contributed by atoms with Crippen LogP contribution in [0.4, 0.5) is 8.78 Å². The van der Waals surface area contributed by atoms with Crippen LogP contribution in [0.2, 0.25) is 0 Å². The molecule has 13 heavy (non-hydrogen) atoms. The zero-order chi connectivity index (χ0) is 9.90. The third-order valence-electron chi connectivity index (χ3n) is 2.20. The van der Waals surface area contributed by atoms with Gasteiger partial charge in [0, 0.05) is 0 Å². The van der Waals surface area contributed by atoms with Crippen LogP contribution in [0.1, 0.15) is 19.8 Å². The molecule has 0 aromatic heterocycles. The Morgan fingerprint density at radius 3 is 2.77 bits per heavy atom. The van der Waals surface area contributed by atoms with Crippen LogP contribution in [0.3, 0.4) is 0 Å². The normalized spacial score (nSPS) is 28.0. The Morgan fingerprint density at radius 1 is 1.69 bits per heavy atom. The number of rotatable bonds is 3. The van der Waals surface area contributed by atoms with E-state index in [-0.39, 0.29) is 13.0 Å². The predicted octanol–water partition coefficient (Wildman–Crippen LogP) is 0.937. The van der Waals surface area contributed by atoms with Crippen molar-refractivity contribution in [1.82, 2.24) is 5.32 Å². The van der Waals surface area contributed by atoms with Crippen LogP contribution in [0.5, 0.6) is 0 Å². The Bertz CT molecular complexity index is 191. The molecule has 0 radical (unpaired) electrons. The maximum Gasteiger partial charge on any atom is 0.332 e. The van der Waals surface area contributed by atoms with E-state index in [2.05, 4.69) is 10.1 Å². The third-order valence-corrected chi connectivity index (χ3v) is 2.20. The molecule has 1 unspecified atom stereocenters. The van der Waals surface area contributed by atoms with Gasteiger partial charge in [-0.2, -0.15) is 0 Å². The van der Waals surface area contributed by atoms with Crippen molar-refractivity contribution in [2.45, 2.75) is 31.7 Å². The van der Waals surface area contributed by atoms with Crippen molar-refractivity contribution in [3.05, 3.63) is 0 Å². The average Bonchev–Trinajstić information content (AvgIpc) is 2.53. The van der Waals surface area contributed by atoms with E-state index in [0.29, 0.717) is 13.0 Å². The molecular formula is C8H13F2NO2. The number of ether oxygens (including phenoxy) is 1. The van der Waals surface area contributed by atoms with Crippen LogP contribution in [0.15, 0.2) is 0 Å². The highest BCUT2D eigenvalue weighted by Gasteiger charge is 2.50. The van der Waals surface area contributed by atoms with E-state index >= 15 is 0 Å². The van der Waals surface area contributed by atoms with Gasteiger partial charge in [0.25, 0.3) is 6.43 Å². The van der Waals surface area contributed by atoms with Crippen LogP contribution < -0.4 is 5.32 Å². The summed E-state index contributed by atoms with van der Waals surface area (Å²) in [5.74, 6) is -0.831. The summed E-state index contributed by atoms with van der Waals surface area (Å²) in [5.41, 5.74) is -1.74. The van der Waals surface area contributed by atoms with E-state index in [1.165, 1.54) is 0 Å². The van der Waals surface area contributed by atoms with Crippen LogP contribution in [0, 0.1) is 0 Å². The third kappa shape index (κ3) is 1.80. The molecule has 0 amide bonds. The van der Waals surface area contributed by atoms with Gasteiger partial charge in [0.05, 0.1) is 6.61 Å². The van der Waals surface area contributed by atoms with Crippen molar-refractivity contribution in [2.24, 2.45) is 0 Å². The highest BCUT2D eigenvalue weighted by atomic mass is 19.3. The minimum atomic E-state index is -2.70. The molecule has 1 aliphatic rings. The molecule has 3 nitrogen and oxygen atoms in total. The SMILES string of the molecule is CCOC(=O)C1(C(F)F)CCCN1. The molecule has 1 heterocycles. The minimum Gasteiger partial charge on any atom is -0.464 e. The number of halogens is 2. The van der Waals surface area contributed by atoms with Gasteiger partial charge in [-0.15, -0.1) is 0 Å². The number of hydrogen-bond donors (Lipinski definition) is 1. The first kappa shape index (κ1) is 10.4. The lowest BCUT2D eigenvalue weighted by Gasteiger charge is -2.25. The number of alkyl halides is 2. The van der Waals surface area contributed by atoms with Crippen molar-refractivity contribution in [3.63, 3.8) is 0 Å². The maximum atomic E-state index is 12.6. The van der Waals surface area contributed by atoms with Gasteiger partial charge >= 0.3 is 5.97 Å². The Labute approximate surface area is 75.4 Å². The lowest BCUT2D eigenvalue weighted by atomic mass is 9.98. The number of hydrogen-bond acceptors (Lipinski definition) is 3. The van der Waals surface area contributed by atoms with E-state index in [4.69, 9.17) is 0 Å². The molecule has 1 fully saturated rings. The first-order valence-corrected chi connectivity index (χ1v) is 4.34. The van der Waals surface area contributed by atoms with E-state index in [0.717, 1.165) is 0 Å². The Balaban J connectivity index is 2.72. The summed E-state index contributed by atoms with van der Waals surface area (Å²) in [4.78, 5) is 11.2. The zero-order valence-electron chi connectivity index (χ0n) is 7.48. The van der Waals surface area contributed by atoms with Gasteiger partial charge in [-0.05, 0) is 26.3 Å². The van der Waals surface area contributed by atoms with Gasteiger partial charge in [0.2, 0.25) is 0 Å². The average molecular weight is 193 g/mol. The first-order valence-electron chi connectivity index (χ1n) is 4.34. The smallest absolute Gasteiger partial charge is 0.332 e.